The van der Waals surface area contributed by atoms with Gasteiger partial charge in [0.15, 0.2) is 0 Å². The van der Waals surface area contributed by atoms with Crippen LogP contribution in [0.4, 0.5) is 0 Å². The van der Waals surface area contributed by atoms with E-state index in [9.17, 15) is 4.79 Å². The van der Waals surface area contributed by atoms with Gasteiger partial charge in [0.25, 0.3) is 0 Å². The third-order valence-corrected chi connectivity index (χ3v) is 1.96. The van der Waals surface area contributed by atoms with Gasteiger partial charge in [-0.3, -0.25) is 4.79 Å². The number of hydrogen-bond donors (Lipinski definition) is 1. The predicted octanol–water partition coefficient (Wildman–Crippen LogP) is 1.46. The highest BCUT2D eigenvalue weighted by atomic mass is 79.9. The molecule has 0 radical (unpaired) electrons. The fraction of sp³-hybridized carbons (Fsp3) is 0.750. The smallest absolute Gasteiger partial charge is 0.304 e. The molecule has 8 heavy (non-hydrogen) atoms. The molecule has 0 aromatic heterocycles. The van der Waals surface area contributed by atoms with Crippen LogP contribution in [0, 0.1) is 0 Å². The number of carboxylic acids is 1. The monoisotopic (exact) mass is 200 g/mol. The summed E-state index contributed by atoms with van der Waals surface area (Å²) in [6.45, 7) is 0. The Hall–Kier alpha value is 0.240. The summed E-state index contributed by atoms with van der Waals surface area (Å²) >= 11 is 8.35. The number of carboxylic acid groups (broad SMARTS) is 1. The van der Waals surface area contributed by atoms with E-state index in [4.69, 9.17) is 16.7 Å². The van der Waals surface area contributed by atoms with Crippen LogP contribution in [0.1, 0.15) is 6.42 Å². The van der Waals surface area contributed by atoms with Crippen molar-refractivity contribution in [2.24, 2.45) is 0 Å². The number of aliphatic carboxylic acids is 1. The highest BCUT2D eigenvalue weighted by Crippen LogP contribution is 2.05. The van der Waals surface area contributed by atoms with Crippen molar-refractivity contribution in [3.05, 3.63) is 0 Å². The Morgan fingerprint density at radius 3 is 2.50 bits per heavy atom. The van der Waals surface area contributed by atoms with Crippen LogP contribution in [-0.2, 0) is 4.79 Å². The molecule has 0 rings (SSSR count). The van der Waals surface area contributed by atoms with Crippen molar-refractivity contribution in [3.8, 4) is 0 Å². The van der Waals surface area contributed by atoms with E-state index >= 15 is 0 Å². The number of rotatable bonds is 3. The topological polar surface area (TPSA) is 37.3 Å². The average Bonchev–Trinajstić information content (AvgIpc) is 1.65. The molecule has 4 heteroatoms. The lowest BCUT2D eigenvalue weighted by molar-refractivity contribution is -0.136. The molecule has 0 aliphatic rings. The van der Waals surface area contributed by atoms with Gasteiger partial charge < -0.3 is 5.11 Å². The van der Waals surface area contributed by atoms with Crippen molar-refractivity contribution in [2.45, 2.75) is 11.2 Å². The Morgan fingerprint density at radius 1 is 1.88 bits per heavy atom. The normalized spacial score (nSPS) is 13.2. The average molecular weight is 201 g/mol. The van der Waals surface area contributed by atoms with E-state index in [0.717, 1.165) is 0 Å². The Kier molecular flexibility index (Phi) is 4.28. The molecule has 1 N–H and O–H groups in total. The minimum atomic E-state index is -0.826. The second-order valence-corrected chi connectivity index (χ2v) is 2.95. The first kappa shape index (κ1) is 8.24. The van der Waals surface area contributed by atoms with Gasteiger partial charge in [-0.1, -0.05) is 15.9 Å². The summed E-state index contributed by atoms with van der Waals surface area (Å²) in [6.07, 6.45) is 0.0868. The molecule has 0 aliphatic carbocycles. The van der Waals surface area contributed by atoms with Gasteiger partial charge in [0.1, 0.15) is 0 Å². The molecule has 1 atom stereocenters. The molecule has 2 nitrogen and oxygen atoms in total. The van der Waals surface area contributed by atoms with Crippen LogP contribution < -0.4 is 0 Å². The van der Waals surface area contributed by atoms with Crippen molar-refractivity contribution >= 4 is 33.5 Å². The molecule has 1 unspecified atom stereocenters. The molecule has 0 bridgehead atoms. The molecule has 48 valence electrons. The second-order valence-electron chi connectivity index (χ2n) is 1.35. The lowest BCUT2D eigenvalue weighted by Crippen LogP contribution is -2.07. The second kappa shape index (κ2) is 4.15. The van der Waals surface area contributed by atoms with E-state index in [0.29, 0.717) is 5.88 Å². The fourth-order valence-corrected chi connectivity index (χ4v) is 0.630. The van der Waals surface area contributed by atoms with Crippen molar-refractivity contribution in [1.82, 2.24) is 0 Å². The zero-order valence-electron chi connectivity index (χ0n) is 4.10. The summed E-state index contributed by atoms with van der Waals surface area (Å²) in [5, 5.41) is 8.13. The maximum atomic E-state index is 9.88. The van der Waals surface area contributed by atoms with Crippen molar-refractivity contribution in [2.75, 3.05) is 5.88 Å². The third kappa shape index (κ3) is 4.40. The Balaban J connectivity index is 3.24. The zero-order chi connectivity index (χ0) is 6.57. The molecule has 0 aromatic carbocycles. The molecule has 0 saturated heterocycles. The van der Waals surface area contributed by atoms with Crippen LogP contribution in [-0.4, -0.2) is 21.8 Å². The van der Waals surface area contributed by atoms with Gasteiger partial charge in [-0.25, -0.2) is 0 Å². The van der Waals surface area contributed by atoms with Crippen LogP contribution >= 0.6 is 27.5 Å². The Morgan fingerprint density at radius 2 is 2.38 bits per heavy atom. The maximum Gasteiger partial charge on any atom is 0.304 e. The Bertz CT molecular complexity index is 86.1. The van der Waals surface area contributed by atoms with E-state index in [2.05, 4.69) is 15.9 Å². The van der Waals surface area contributed by atoms with Gasteiger partial charge in [-0.2, -0.15) is 0 Å². The minimum Gasteiger partial charge on any atom is -0.481 e. The molecule has 0 saturated carbocycles. The first-order valence-electron chi connectivity index (χ1n) is 2.08. The SMILES string of the molecule is O=C(O)CC(Br)CCl. The predicted molar refractivity (Wildman–Crippen MR) is 35.7 cm³/mol. The first-order valence-corrected chi connectivity index (χ1v) is 3.53. The molecular formula is C4H6BrClO2. The van der Waals surface area contributed by atoms with E-state index in [-0.39, 0.29) is 11.2 Å². The van der Waals surface area contributed by atoms with E-state index < -0.39 is 5.97 Å². The highest BCUT2D eigenvalue weighted by molar-refractivity contribution is 9.09. The standard InChI is InChI=1S/C4H6BrClO2/c5-3(2-6)1-4(7)8/h3H,1-2H2,(H,7,8). The van der Waals surface area contributed by atoms with E-state index in [1.54, 1.807) is 0 Å². The van der Waals surface area contributed by atoms with Crippen LogP contribution in [0.25, 0.3) is 0 Å². The van der Waals surface area contributed by atoms with Crippen LogP contribution in [0.5, 0.6) is 0 Å². The maximum absolute atomic E-state index is 9.88. The summed E-state index contributed by atoms with van der Waals surface area (Å²) < 4.78 is 0. The summed E-state index contributed by atoms with van der Waals surface area (Å²) in [6, 6.07) is 0. The zero-order valence-corrected chi connectivity index (χ0v) is 6.44. The molecule has 0 amide bonds. The number of halogens is 2. The molecule has 0 heterocycles. The first-order chi connectivity index (χ1) is 3.66. The summed E-state index contributed by atoms with van der Waals surface area (Å²) in [5.74, 6) is -0.487. The van der Waals surface area contributed by atoms with Crippen LogP contribution in [0.3, 0.4) is 0 Å². The van der Waals surface area contributed by atoms with E-state index in [1.165, 1.54) is 0 Å². The lowest BCUT2D eigenvalue weighted by Gasteiger charge is -1.97. The van der Waals surface area contributed by atoms with Crippen molar-refractivity contribution < 1.29 is 9.90 Å². The summed E-state index contributed by atoms with van der Waals surface area (Å²) in [4.78, 5) is 9.78. The number of hydrogen-bond acceptors (Lipinski definition) is 1. The van der Waals surface area contributed by atoms with Gasteiger partial charge >= 0.3 is 5.97 Å². The van der Waals surface area contributed by atoms with Gasteiger partial charge in [0, 0.05) is 10.7 Å². The molecule has 0 aromatic rings. The number of carbonyl (C=O) groups is 1. The lowest BCUT2D eigenvalue weighted by atomic mass is 10.3. The number of alkyl halides is 2. The minimum absolute atomic E-state index is 0.0868. The van der Waals surface area contributed by atoms with Gasteiger partial charge in [0.2, 0.25) is 0 Å². The molecular weight excluding hydrogens is 195 g/mol. The van der Waals surface area contributed by atoms with Crippen LogP contribution in [0.15, 0.2) is 0 Å². The summed E-state index contributed by atoms with van der Waals surface area (Å²) in [5.41, 5.74) is 0. The molecule has 0 spiro atoms. The highest BCUT2D eigenvalue weighted by Gasteiger charge is 2.05. The third-order valence-electron chi connectivity index (χ3n) is 0.564. The van der Waals surface area contributed by atoms with Gasteiger partial charge in [-0.15, -0.1) is 11.6 Å². The fourth-order valence-electron chi connectivity index (χ4n) is 0.244. The largest absolute Gasteiger partial charge is 0.481 e. The molecule has 0 fully saturated rings. The quantitative estimate of drug-likeness (QED) is 0.702. The van der Waals surface area contributed by atoms with Crippen molar-refractivity contribution in [3.63, 3.8) is 0 Å². The molecule has 0 aliphatic heterocycles. The van der Waals surface area contributed by atoms with Gasteiger partial charge in [-0.05, 0) is 0 Å². The van der Waals surface area contributed by atoms with Crippen molar-refractivity contribution in [1.29, 1.82) is 0 Å². The van der Waals surface area contributed by atoms with Crippen LogP contribution in [0.2, 0.25) is 0 Å². The van der Waals surface area contributed by atoms with Gasteiger partial charge in [0.05, 0.1) is 6.42 Å². The van der Waals surface area contributed by atoms with E-state index in [1.807, 2.05) is 0 Å². The Labute approximate surface area is 61.0 Å². The summed E-state index contributed by atoms with van der Waals surface area (Å²) in [7, 11) is 0.